The van der Waals surface area contributed by atoms with Crippen molar-refractivity contribution in [2.45, 2.75) is 31.8 Å². The number of piperidine rings is 1. The van der Waals surface area contributed by atoms with Gasteiger partial charge in [-0.15, -0.1) is 12.4 Å². The molecule has 25 heavy (non-hydrogen) atoms. The van der Waals surface area contributed by atoms with Gasteiger partial charge < -0.3 is 20.3 Å². The Labute approximate surface area is 153 Å². The molecule has 0 aromatic heterocycles. The van der Waals surface area contributed by atoms with Gasteiger partial charge in [0.2, 0.25) is 5.91 Å². The number of carbonyl (C=O) groups is 2. The number of likely N-dealkylation sites (tertiary alicyclic amines) is 1. The van der Waals surface area contributed by atoms with Crippen molar-refractivity contribution in [2.24, 2.45) is 5.41 Å². The maximum Gasteiger partial charge on any atom is 0.266 e. The molecule has 2 amide bonds. The highest BCUT2D eigenvalue weighted by Gasteiger charge is 2.39. The van der Waals surface area contributed by atoms with Gasteiger partial charge in [0.1, 0.15) is 5.75 Å². The molecule has 1 spiro atoms. The van der Waals surface area contributed by atoms with Crippen molar-refractivity contribution < 1.29 is 14.3 Å². The van der Waals surface area contributed by atoms with E-state index < -0.39 is 6.10 Å². The first kappa shape index (κ1) is 18.0. The minimum absolute atomic E-state index is 0. The fourth-order valence-electron chi connectivity index (χ4n) is 3.97. The van der Waals surface area contributed by atoms with Gasteiger partial charge >= 0.3 is 0 Å². The van der Waals surface area contributed by atoms with Gasteiger partial charge in [0.05, 0.1) is 12.1 Å². The quantitative estimate of drug-likeness (QED) is 0.838. The molecule has 2 N–H and O–H groups in total. The molecule has 1 atom stereocenters. The molecule has 0 saturated carbocycles. The number of hydrogen-bond donors (Lipinski definition) is 2. The number of para-hydroxylation sites is 2. The van der Waals surface area contributed by atoms with E-state index in [1.165, 1.54) is 6.42 Å². The predicted octanol–water partition coefficient (Wildman–Crippen LogP) is 1.80. The highest BCUT2D eigenvalue weighted by Crippen LogP contribution is 2.37. The molecule has 3 heterocycles. The topological polar surface area (TPSA) is 70.7 Å². The van der Waals surface area contributed by atoms with E-state index in [2.05, 4.69) is 10.6 Å². The average Bonchev–Trinajstić information content (AvgIpc) is 3.04. The Kier molecular flexibility index (Phi) is 5.20. The SMILES string of the molecule is Cl.O=C1Nc2ccccc2OC1CC(=O)N1CCC2(CCNC2)CC1. The number of amides is 2. The lowest BCUT2D eigenvalue weighted by Gasteiger charge is -2.39. The van der Waals surface area contributed by atoms with Gasteiger partial charge in [0.15, 0.2) is 6.10 Å². The lowest BCUT2D eigenvalue weighted by molar-refractivity contribution is -0.138. The Hall–Kier alpha value is -1.79. The monoisotopic (exact) mass is 365 g/mol. The highest BCUT2D eigenvalue weighted by molar-refractivity contribution is 5.99. The number of rotatable bonds is 2. The summed E-state index contributed by atoms with van der Waals surface area (Å²) < 4.78 is 5.73. The molecule has 3 aliphatic heterocycles. The Bertz CT molecular complexity index is 651. The Morgan fingerprint density at radius 3 is 2.72 bits per heavy atom. The van der Waals surface area contributed by atoms with Crippen LogP contribution in [-0.2, 0) is 9.59 Å². The summed E-state index contributed by atoms with van der Waals surface area (Å²) in [6.45, 7) is 3.72. The zero-order valence-corrected chi connectivity index (χ0v) is 14.9. The molecular weight excluding hydrogens is 342 g/mol. The average molecular weight is 366 g/mol. The molecule has 7 heteroatoms. The molecule has 4 rings (SSSR count). The molecular formula is C18H24ClN3O3. The van der Waals surface area contributed by atoms with Crippen LogP contribution in [0.15, 0.2) is 24.3 Å². The van der Waals surface area contributed by atoms with E-state index in [0.29, 0.717) is 16.9 Å². The van der Waals surface area contributed by atoms with Crippen molar-refractivity contribution in [1.29, 1.82) is 0 Å². The molecule has 2 saturated heterocycles. The Balaban J connectivity index is 0.00000182. The fourth-order valence-corrected chi connectivity index (χ4v) is 3.97. The van der Waals surface area contributed by atoms with Crippen molar-refractivity contribution >= 4 is 29.9 Å². The second-order valence-electron chi connectivity index (χ2n) is 7.10. The van der Waals surface area contributed by atoms with Crippen molar-refractivity contribution in [2.75, 3.05) is 31.5 Å². The van der Waals surface area contributed by atoms with E-state index in [9.17, 15) is 9.59 Å². The van der Waals surface area contributed by atoms with Crippen LogP contribution in [0.4, 0.5) is 5.69 Å². The van der Waals surface area contributed by atoms with Crippen LogP contribution >= 0.6 is 12.4 Å². The standard InChI is InChI=1S/C18H23N3O3.ClH/c22-16(21-9-6-18(7-10-21)5-8-19-12-18)11-15-17(23)20-13-3-1-2-4-14(13)24-15;/h1-4,15,19H,5-12H2,(H,20,23);1H. The second-order valence-corrected chi connectivity index (χ2v) is 7.10. The van der Waals surface area contributed by atoms with Gasteiger partial charge in [-0.3, -0.25) is 9.59 Å². The van der Waals surface area contributed by atoms with Crippen molar-refractivity contribution in [1.82, 2.24) is 10.2 Å². The van der Waals surface area contributed by atoms with E-state index in [1.54, 1.807) is 6.07 Å². The highest BCUT2D eigenvalue weighted by atomic mass is 35.5. The van der Waals surface area contributed by atoms with Gasteiger partial charge in [0, 0.05) is 19.6 Å². The van der Waals surface area contributed by atoms with Gasteiger partial charge in [-0.05, 0) is 43.4 Å². The maximum absolute atomic E-state index is 12.6. The summed E-state index contributed by atoms with van der Waals surface area (Å²) in [7, 11) is 0. The van der Waals surface area contributed by atoms with Crippen molar-refractivity contribution in [3.63, 3.8) is 0 Å². The van der Waals surface area contributed by atoms with Crippen LogP contribution in [0, 0.1) is 5.41 Å². The molecule has 6 nitrogen and oxygen atoms in total. The van der Waals surface area contributed by atoms with Crippen molar-refractivity contribution in [3.8, 4) is 5.75 Å². The maximum atomic E-state index is 12.6. The molecule has 0 aliphatic carbocycles. The third kappa shape index (κ3) is 3.60. The fraction of sp³-hybridized carbons (Fsp3) is 0.556. The van der Waals surface area contributed by atoms with Crippen LogP contribution in [0.25, 0.3) is 0 Å². The number of halogens is 1. The van der Waals surface area contributed by atoms with Gasteiger partial charge in [-0.1, -0.05) is 12.1 Å². The third-order valence-corrected chi connectivity index (χ3v) is 5.58. The molecule has 1 unspecified atom stereocenters. The molecule has 1 aromatic rings. The van der Waals surface area contributed by atoms with Crippen LogP contribution < -0.4 is 15.4 Å². The number of carbonyl (C=O) groups excluding carboxylic acids is 2. The van der Waals surface area contributed by atoms with E-state index in [-0.39, 0.29) is 30.6 Å². The van der Waals surface area contributed by atoms with Crippen LogP contribution in [0.1, 0.15) is 25.7 Å². The van der Waals surface area contributed by atoms with E-state index in [4.69, 9.17) is 4.74 Å². The van der Waals surface area contributed by atoms with E-state index in [1.807, 2.05) is 23.1 Å². The largest absolute Gasteiger partial charge is 0.478 e. The number of anilines is 1. The third-order valence-electron chi connectivity index (χ3n) is 5.58. The summed E-state index contributed by atoms with van der Waals surface area (Å²) in [5, 5.41) is 6.25. The molecule has 1 aromatic carbocycles. The number of nitrogens with one attached hydrogen (secondary N) is 2. The second kappa shape index (κ2) is 7.22. The summed E-state index contributed by atoms with van der Waals surface area (Å²) in [6, 6.07) is 7.30. The number of benzene rings is 1. The summed E-state index contributed by atoms with van der Waals surface area (Å²) in [5.74, 6) is 0.399. The number of fused-ring (bicyclic) bond motifs is 1. The zero-order valence-electron chi connectivity index (χ0n) is 14.1. The number of nitrogens with zero attached hydrogens (tertiary/aromatic N) is 1. The summed E-state index contributed by atoms with van der Waals surface area (Å²) in [6.07, 6.45) is 2.67. The van der Waals surface area contributed by atoms with Crippen LogP contribution in [0.5, 0.6) is 5.75 Å². The molecule has 0 bridgehead atoms. The van der Waals surface area contributed by atoms with Crippen LogP contribution in [0.2, 0.25) is 0 Å². The predicted molar refractivity (Wildman–Crippen MR) is 97.1 cm³/mol. The molecule has 0 radical (unpaired) electrons. The lowest BCUT2D eigenvalue weighted by Crippen LogP contribution is -2.47. The summed E-state index contributed by atoms with van der Waals surface area (Å²) >= 11 is 0. The molecule has 136 valence electrons. The Morgan fingerprint density at radius 1 is 1.24 bits per heavy atom. The lowest BCUT2D eigenvalue weighted by atomic mass is 9.78. The summed E-state index contributed by atoms with van der Waals surface area (Å²) in [4.78, 5) is 26.6. The first-order chi connectivity index (χ1) is 11.7. The van der Waals surface area contributed by atoms with Crippen molar-refractivity contribution in [3.05, 3.63) is 24.3 Å². The molecule has 2 fully saturated rings. The summed E-state index contributed by atoms with van der Waals surface area (Å²) in [5.41, 5.74) is 1.05. The van der Waals surface area contributed by atoms with Crippen LogP contribution in [-0.4, -0.2) is 49.0 Å². The van der Waals surface area contributed by atoms with Crippen LogP contribution in [0.3, 0.4) is 0 Å². The van der Waals surface area contributed by atoms with E-state index >= 15 is 0 Å². The van der Waals surface area contributed by atoms with Gasteiger partial charge in [-0.25, -0.2) is 0 Å². The number of ether oxygens (including phenoxy) is 1. The smallest absolute Gasteiger partial charge is 0.266 e. The minimum atomic E-state index is -0.739. The van der Waals surface area contributed by atoms with E-state index in [0.717, 1.165) is 39.0 Å². The first-order valence-corrected chi connectivity index (χ1v) is 8.70. The van der Waals surface area contributed by atoms with Gasteiger partial charge in [-0.2, -0.15) is 0 Å². The minimum Gasteiger partial charge on any atom is -0.478 e. The zero-order chi connectivity index (χ0) is 16.6. The number of hydrogen-bond acceptors (Lipinski definition) is 4. The first-order valence-electron chi connectivity index (χ1n) is 8.70. The molecule has 3 aliphatic rings. The van der Waals surface area contributed by atoms with Gasteiger partial charge in [0.25, 0.3) is 5.91 Å². The Morgan fingerprint density at radius 2 is 2.00 bits per heavy atom. The normalized spacial score (nSPS) is 24.1.